The van der Waals surface area contributed by atoms with Crippen LogP contribution in [-0.4, -0.2) is 19.9 Å². The van der Waals surface area contributed by atoms with Gasteiger partial charge in [0, 0.05) is 17.5 Å². The van der Waals surface area contributed by atoms with Gasteiger partial charge in [0.1, 0.15) is 16.3 Å². The second-order valence-electron chi connectivity index (χ2n) is 3.85. The number of nitrogens with zero attached hydrogens (tertiary/aromatic N) is 3. The maximum atomic E-state index is 10.6. The summed E-state index contributed by atoms with van der Waals surface area (Å²) in [5, 5.41) is 0. The summed E-state index contributed by atoms with van der Waals surface area (Å²) in [4.78, 5) is 25.3. The van der Waals surface area contributed by atoms with Crippen molar-refractivity contribution in [1.82, 2.24) is 19.9 Å². The van der Waals surface area contributed by atoms with Gasteiger partial charge in [-0.25, -0.2) is 15.0 Å². The highest BCUT2D eigenvalue weighted by Gasteiger charge is 1.91. The van der Waals surface area contributed by atoms with Gasteiger partial charge in [-0.15, -0.1) is 0 Å². The van der Waals surface area contributed by atoms with E-state index in [0.717, 1.165) is 21.8 Å². The fourth-order valence-corrected chi connectivity index (χ4v) is 1.99. The number of aromatic nitrogens is 4. The number of hydrogen-bond acceptors (Lipinski definition) is 4. The summed E-state index contributed by atoms with van der Waals surface area (Å²) in [5.41, 5.74) is 1.67. The molecule has 0 spiro atoms. The van der Waals surface area contributed by atoms with Crippen LogP contribution >= 0.6 is 15.9 Å². The first-order valence-electron chi connectivity index (χ1n) is 5.39. The maximum absolute atomic E-state index is 10.6. The Morgan fingerprint density at radius 3 is 2.06 bits per heavy atom. The van der Waals surface area contributed by atoms with Crippen LogP contribution in [0, 0.1) is 27.7 Å². The highest BCUT2D eigenvalue weighted by atomic mass is 79.9. The van der Waals surface area contributed by atoms with Crippen LogP contribution < -0.4 is 5.56 Å². The van der Waals surface area contributed by atoms with E-state index < -0.39 is 0 Å². The highest BCUT2D eigenvalue weighted by Crippen LogP contribution is 2.05. The molecule has 0 saturated heterocycles. The first-order chi connectivity index (χ1) is 8.36. The van der Waals surface area contributed by atoms with Gasteiger partial charge in [0.15, 0.2) is 0 Å². The van der Waals surface area contributed by atoms with E-state index >= 15 is 0 Å². The molecule has 0 aliphatic heterocycles. The second kappa shape index (κ2) is 6.39. The lowest BCUT2D eigenvalue weighted by Crippen LogP contribution is -2.08. The molecule has 0 atom stereocenters. The van der Waals surface area contributed by atoms with Crippen molar-refractivity contribution < 1.29 is 0 Å². The van der Waals surface area contributed by atoms with Crippen molar-refractivity contribution in [3.05, 3.63) is 50.1 Å². The molecule has 0 aliphatic rings. The Kier molecular flexibility index (Phi) is 5.15. The van der Waals surface area contributed by atoms with Gasteiger partial charge in [-0.2, -0.15) is 0 Å². The van der Waals surface area contributed by atoms with Crippen molar-refractivity contribution in [1.29, 1.82) is 0 Å². The summed E-state index contributed by atoms with van der Waals surface area (Å²) in [7, 11) is 0. The Balaban J connectivity index is 0.000000180. The lowest BCUT2D eigenvalue weighted by atomic mass is 10.4. The number of aryl methyl sites for hydroxylation is 4. The summed E-state index contributed by atoms with van der Waals surface area (Å²) in [6, 6.07) is 3.35. The van der Waals surface area contributed by atoms with Crippen LogP contribution in [0.3, 0.4) is 0 Å². The van der Waals surface area contributed by atoms with Crippen molar-refractivity contribution in [3.8, 4) is 0 Å². The molecule has 0 radical (unpaired) electrons. The van der Waals surface area contributed by atoms with Gasteiger partial charge < -0.3 is 4.98 Å². The first-order valence-corrected chi connectivity index (χ1v) is 6.18. The SMILES string of the molecule is Cc1cc(=O)[nH]c(C)n1.Cc1cc(Br)nc(C)n1. The van der Waals surface area contributed by atoms with Crippen molar-refractivity contribution in [3.63, 3.8) is 0 Å². The van der Waals surface area contributed by atoms with Gasteiger partial charge in [-0.05, 0) is 49.7 Å². The second-order valence-corrected chi connectivity index (χ2v) is 4.66. The van der Waals surface area contributed by atoms with Crippen molar-refractivity contribution in [2.75, 3.05) is 0 Å². The van der Waals surface area contributed by atoms with Crippen LogP contribution in [0.1, 0.15) is 23.0 Å². The Morgan fingerprint density at radius 1 is 1.00 bits per heavy atom. The van der Waals surface area contributed by atoms with Crippen molar-refractivity contribution >= 4 is 15.9 Å². The molecule has 0 amide bonds. The molecule has 0 bridgehead atoms. The normalized spacial score (nSPS) is 9.61. The molecule has 0 fully saturated rings. The average molecular weight is 311 g/mol. The standard InChI is InChI=1S/C6H7BrN2.C6H8N2O/c1-4-3-6(7)9-5(2)8-4;1-4-3-6(9)8-5(2)7-4/h3H,1-2H3;3H,1-2H3,(H,7,8,9). The number of halogens is 1. The van der Waals surface area contributed by atoms with Gasteiger partial charge in [0.25, 0.3) is 5.56 Å². The largest absolute Gasteiger partial charge is 0.311 e. The molecule has 2 aromatic heterocycles. The van der Waals surface area contributed by atoms with Crippen LogP contribution in [0.15, 0.2) is 21.5 Å². The van der Waals surface area contributed by atoms with E-state index in [1.165, 1.54) is 6.07 Å². The van der Waals surface area contributed by atoms with Crippen LogP contribution in [0.25, 0.3) is 0 Å². The van der Waals surface area contributed by atoms with E-state index in [1.54, 1.807) is 13.8 Å². The zero-order valence-corrected chi connectivity index (χ0v) is 12.4. The summed E-state index contributed by atoms with van der Waals surface area (Å²) >= 11 is 3.26. The predicted octanol–water partition coefficient (Wildman–Crippen LogP) is 2.24. The summed E-state index contributed by atoms with van der Waals surface area (Å²) < 4.78 is 0.854. The maximum Gasteiger partial charge on any atom is 0.251 e. The molecule has 6 heteroatoms. The lowest BCUT2D eigenvalue weighted by molar-refractivity contribution is 0.982. The predicted molar refractivity (Wildman–Crippen MR) is 73.5 cm³/mol. The molecule has 0 saturated carbocycles. The monoisotopic (exact) mass is 310 g/mol. The lowest BCUT2D eigenvalue weighted by Gasteiger charge is -1.93. The van der Waals surface area contributed by atoms with Gasteiger partial charge in [-0.3, -0.25) is 4.79 Å². The number of H-pyrrole nitrogens is 1. The summed E-state index contributed by atoms with van der Waals surface area (Å²) in [5.74, 6) is 1.47. The van der Waals surface area contributed by atoms with E-state index in [9.17, 15) is 4.79 Å². The van der Waals surface area contributed by atoms with E-state index in [0.29, 0.717) is 5.82 Å². The highest BCUT2D eigenvalue weighted by molar-refractivity contribution is 9.10. The Labute approximate surface area is 114 Å². The van der Waals surface area contributed by atoms with Crippen molar-refractivity contribution in [2.45, 2.75) is 27.7 Å². The summed E-state index contributed by atoms with van der Waals surface area (Å²) in [6.07, 6.45) is 0. The number of rotatable bonds is 0. The van der Waals surface area contributed by atoms with Crippen molar-refractivity contribution in [2.24, 2.45) is 0 Å². The third kappa shape index (κ3) is 5.18. The summed E-state index contributed by atoms with van der Waals surface area (Å²) in [6.45, 7) is 7.37. The van der Waals surface area contributed by atoms with E-state index in [1.807, 2.05) is 19.9 Å². The fraction of sp³-hybridized carbons (Fsp3) is 0.333. The zero-order valence-electron chi connectivity index (χ0n) is 10.8. The average Bonchev–Trinajstić information content (AvgIpc) is 2.12. The molecule has 1 N–H and O–H groups in total. The van der Waals surface area contributed by atoms with Crippen LogP contribution in [0.2, 0.25) is 0 Å². The molecule has 2 aromatic rings. The minimum Gasteiger partial charge on any atom is -0.311 e. The van der Waals surface area contributed by atoms with Crippen LogP contribution in [0.5, 0.6) is 0 Å². The first kappa shape index (κ1) is 14.5. The van der Waals surface area contributed by atoms with Gasteiger partial charge in [0.2, 0.25) is 0 Å². The van der Waals surface area contributed by atoms with E-state index in [2.05, 4.69) is 35.9 Å². The van der Waals surface area contributed by atoms with Gasteiger partial charge in [-0.1, -0.05) is 0 Å². The molecule has 96 valence electrons. The van der Waals surface area contributed by atoms with Crippen LogP contribution in [-0.2, 0) is 0 Å². The Morgan fingerprint density at radius 2 is 1.61 bits per heavy atom. The van der Waals surface area contributed by atoms with Crippen LogP contribution in [0.4, 0.5) is 0 Å². The molecule has 18 heavy (non-hydrogen) atoms. The molecule has 2 rings (SSSR count). The minimum atomic E-state index is -0.0833. The third-order valence-corrected chi connectivity index (χ3v) is 2.33. The molecule has 0 aliphatic carbocycles. The smallest absolute Gasteiger partial charge is 0.251 e. The Bertz CT molecular complexity index is 521. The molecule has 0 aromatic carbocycles. The molecular formula is C12H15BrN4O. The van der Waals surface area contributed by atoms with Gasteiger partial charge in [0.05, 0.1) is 0 Å². The van der Waals surface area contributed by atoms with E-state index in [4.69, 9.17) is 0 Å². The number of hydrogen-bond donors (Lipinski definition) is 1. The quantitative estimate of drug-likeness (QED) is 0.757. The molecule has 2 heterocycles. The minimum absolute atomic E-state index is 0.0833. The molecule has 5 nitrogen and oxygen atoms in total. The topological polar surface area (TPSA) is 71.5 Å². The fourth-order valence-electron chi connectivity index (χ4n) is 1.40. The number of aromatic amines is 1. The number of nitrogens with one attached hydrogen (secondary N) is 1. The van der Waals surface area contributed by atoms with E-state index in [-0.39, 0.29) is 5.56 Å². The van der Waals surface area contributed by atoms with Gasteiger partial charge >= 0.3 is 0 Å². The molecule has 0 unspecified atom stereocenters. The Hall–Kier alpha value is -1.56. The third-order valence-electron chi connectivity index (χ3n) is 1.92. The zero-order chi connectivity index (χ0) is 13.7. The molecular weight excluding hydrogens is 296 g/mol.